The molecule has 1 aliphatic rings. The average molecular weight is 299 g/mol. The van der Waals surface area contributed by atoms with Gasteiger partial charge in [-0.05, 0) is 30.4 Å². The van der Waals surface area contributed by atoms with E-state index in [1.807, 2.05) is 6.20 Å². The number of aromatic nitrogens is 3. The van der Waals surface area contributed by atoms with Crippen LogP contribution in [-0.4, -0.2) is 21.9 Å². The number of hydrogen-bond acceptors (Lipinski definition) is 4. The lowest BCUT2D eigenvalue weighted by Gasteiger charge is -2.11. The lowest BCUT2D eigenvalue weighted by molar-refractivity contribution is 0.403. The van der Waals surface area contributed by atoms with E-state index in [2.05, 4.69) is 32.6 Å². The number of nitrogens with zero attached hydrogens (tertiary/aromatic N) is 3. The lowest BCUT2D eigenvalue weighted by atomic mass is 10.1. The predicted octanol–water partition coefficient (Wildman–Crippen LogP) is 4.28. The van der Waals surface area contributed by atoms with Crippen molar-refractivity contribution < 1.29 is 4.74 Å². The van der Waals surface area contributed by atoms with Crippen LogP contribution < -0.4 is 4.74 Å². The zero-order chi connectivity index (χ0) is 14.2. The zero-order valence-electron chi connectivity index (χ0n) is 12.0. The van der Waals surface area contributed by atoms with Crippen LogP contribution in [0.2, 0.25) is 0 Å². The number of ether oxygens (including phenoxy) is 1. The number of hydrogen-bond donors (Lipinski definition) is 0. The van der Waals surface area contributed by atoms with Crippen molar-refractivity contribution in [3.63, 3.8) is 0 Å². The van der Waals surface area contributed by atoms with E-state index in [0.717, 1.165) is 22.2 Å². The molecule has 3 aromatic heterocycles. The Balaban J connectivity index is 1.99. The van der Waals surface area contributed by atoms with Gasteiger partial charge >= 0.3 is 0 Å². The summed E-state index contributed by atoms with van der Waals surface area (Å²) in [6, 6.07) is 4.67. The van der Waals surface area contributed by atoms with E-state index in [1.165, 1.54) is 25.7 Å². The van der Waals surface area contributed by atoms with E-state index >= 15 is 0 Å². The second-order valence-electron chi connectivity index (χ2n) is 5.46. The SMILES string of the molecule is COc1nccc2c1c(-c1ccsc1)nn2C1CCCC1. The molecule has 0 saturated heterocycles. The van der Waals surface area contributed by atoms with Crippen molar-refractivity contribution in [3.8, 4) is 17.1 Å². The molecule has 4 nitrogen and oxygen atoms in total. The molecular weight excluding hydrogens is 282 g/mol. The molecule has 108 valence electrons. The van der Waals surface area contributed by atoms with Crippen LogP contribution in [0.25, 0.3) is 22.2 Å². The molecule has 0 aromatic carbocycles. The van der Waals surface area contributed by atoms with E-state index in [9.17, 15) is 0 Å². The Kier molecular flexibility index (Phi) is 3.15. The summed E-state index contributed by atoms with van der Waals surface area (Å²) in [5, 5.41) is 10.2. The van der Waals surface area contributed by atoms with E-state index in [4.69, 9.17) is 9.84 Å². The Morgan fingerprint density at radius 3 is 2.86 bits per heavy atom. The van der Waals surface area contributed by atoms with Gasteiger partial charge < -0.3 is 4.74 Å². The van der Waals surface area contributed by atoms with Crippen LogP contribution in [-0.2, 0) is 0 Å². The number of methoxy groups -OCH3 is 1. The maximum atomic E-state index is 5.48. The minimum atomic E-state index is 0.506. The molecule has 1 saturated carbocycles. The molecule has 0 atom stereocenters. The summed E-state index contributed by atoms with van der Waals surface area (Å²) < 4.78 is 7.68. The van der Waals surface area contributed by atoms with Crippen molar-refractivity contribution >= 4 is 22.2 Å². The second kappa shape index (κ2) is 5.15. The fourth-order valence-electron chi connectivity index (χ4n) is 3.24. The van der Waals surface area contributed by atoms with E-state index < -0.39 is 0 Å². The maximum absolute atomic E-state index is 5.48. The normalized spacial score (nSPS) is 15.9. The van der Waals surface area contributed by atoms with Gasteiger partial charge in [-0.25, -0.2) is 4.98 Å². The van der Waals surface area contributed by atoms with Crippen molar-refractivity contribution in [1.82, 2.24) is 14.8 Å². The quantitative estimate of drug-likeness (QED) is 0.724. The molecule has 0 radical (unpaired) electrons. The monoisotopic (exact) mass is 299 g/mol. The number of thiophene rings is 1. The van der Waals surface area contributed by atoms with E-state index in [-0.39, 0.29) is 0 Å². The average Bonchev–Trinajstić information content (AvgIpc) is 3.24. The third-order valence-electron chi connectivity index (χ3n) is 4.24. The van der Waals surface area contributed by atoms with Crippen molar-refractivity contribution in [2.24, 2.45) is 0 Å². The molecule has 0 spiro atoms. The molecule has 0 N–H and O–H groups in total. The smallest absolute Gasteiger partial charge is 0.224 e. The van der Waals surface area contributed by atoms with Crippen LogP contribution in [0.1, 0.15) is 31.7 Å². The maximum Gasteiger partial charge on any atom is 0.224 e. The molecule has 3 heterocycles. The summed E-state index contributed by atoms with van der Waals surface area (Å²) in [4.78, 5) is 4.36. The van der Waals surface area contributed by atoms with Crippen molar-refractivity contribution in [1.29, 1.82) is 0 Å². The molecule has 1 aliphatic carbocycles. The van der Waals surface area contributed by atoms with Gasteiger partial charge in [0.15, 0.2) is 0 Å². The third-order valence-corrected chi connectivity index (χ3v) is 4.93. The topological polar surface area (TPSA) is 39.9 Å². The van der Waals surface area contributed by atoms with Crippen LogP contribution in [0.15, 0.2) is 29.1 Å². The van der Waals surface area contributed by atoms with Crippen molar-refractivity contribution in [2.45, 2.75) is 31.7 Å². The van der Waals surface area contributed by atoms with Gasteiger partial charge in [-0.1, -0.05) is 12.8 Å². The largest absolute Gasteiger partial charge is 0.480 e. The fourth-order valence-corrected chi connectivity index (χ4v) is 3.88. The first kappa shape index (κ1) is 12.8. The first-order valence-electron chi connectivity index (χ1n) is 7.32. The Morgan fingerprint density at radius 1 is 1.29 bits per heavy atom. The third kappa shape index (κ3) is 2.03. The molecule has 0 amide bonds. The minimum Gasteiger partial charge on any atom is -0.480 e. The summed E-state index contributed by atoms with van der Waals surface area (Å²) in [7, 11) is 1.67. The summed E-state index contributed by atoms with van der Waals surface area (Å²) in [6.07, 6.45) is 6.82. The minimum absolute atomic E-state index is 0.506. The molecule has 1 fully saturated rings. The van der Waals surface area contributed by atoms with Gasteiger partial charge in [0, 0.05) is 17.1 Å². The van der Waals surface area contributed by atoms with Crippen LogP contribution in [0.3, 0.4) is 0 Å². The highest BCUT2D eigenvalue weighted by atomic mass is 32.1. The van der Waals surface area contributed by atoms with Gasteiger partial charge in [0.05, 0.1) is 24.1 Å². The van der Waals surface area contributed by atoms with Crippen LogP contribution in [0.5, 0.6) is 5.88 Å². The van der Waals surface area contributed by atoms with Gasteiger partial charge in [-0.15, -0.1) is 0 Å². The first-order valence-corrected chi connectivity index (χ1v) is 8.26. The van der Waals surface area contributed by atoms with Gasteiger partial charge in [0.25, 0.3) is 0 Å². The van der Waals surface area contributed by atoms with E-state index in [0.29, 0.717) is 11.9 Å². The molecule has 5 heteroatoms. The Bertz CT molecular complexity index is 757. The van der Waals surface area contributed by atoms with Gasteiger partial charge in [-0.3, -0.25) is 4.68 Å². The first-order chi connectivity index (χ1) is 10.4. The Hall–Kier alpha value is -1.88. The molecule has 21 heavy (non-hydrogen) atoms. The van der Waals surface area contributed by atoms with Crippen molar-refractivity contribution in [3.05, 3.63) is 29.1 Å². The van der Waals surface area contributed by atoms with E-state index in [1.54, 1.807) is 18.4 Å². The van der Waals surface area contributed by atoms with Crippen LogP contribution in [0.4, 0.5) is 0 Å². The number of pyridine rings is 1. The highest BCUT2D eigenvalue weighted by Crippen LogP contribution is 2.38. The molecular formula is C16H17N3OS. The molecule has 4 rings (SSSR count). The van der Waals surface area contributed by atoms with Gasteiger partial charge in [-0.2, -0.15) is 16.4 Å². The molecule has 0 bridgehead atoms. The Labute approximate surface area is 127 Å². The second-order valence-corrected chi connectivity index (χ2v) is 6.24. The Morgan fingerprint density at radius 2 is 2.14 bits per heavy atom. The van der Waals surface area contributed by atoms with Crippen LogP contribution in [0, 0.1) is 0 Å². The standard InChI is InChI=1S/C16H17N3OS/c1-20-16-14-13(6-8-17-16)19(12-4-2-3-5-12)18-15(14)11-7-9-21-10-11/h6-10,12H,2-5H2,1H3. The predicted molar refractivity (Wildman–Crippen MR) is 84.9 cm³/mol. The molecule has 0 unspecified atom stereocenters. The summed E-state index contributed by atoms with van der Waals surface area (Å²) in [6.45, 7) is 0. The highest BCUT2D eigenvalue weighted by Gasteiger charge is 2.24. The number of rotatable bonds is 3. The zero-order valence-corrected chi connectivity index (χ0v) is 12.8. The molecule has 3 aromatic rings. The van der Waals surface area contributed by atoms with Crippen LogP contribution >= 0.6 is 11.3 Å². The van der Waals surface area contributed by atoms with Gasteiger partial charge in [0.1, 0.15) is 5.69 Å². The summed E-state index contributed by atoms with van der Waals surface area (Å²) in [5.41, 5.74) is 3.27. The van der Waals surface area contributed by atoms with Crippen molar-refractivity contribution in [2.75, 3.05) is 7.11 Å². The van der Waals surface area contributed by atoms with Gasteiger partial charge in [0.2, 0.25) is 5.88 Å². The number of fused-ring (bicyclic) bond motifs is 1. The molecule has 0 aliphatic heterocycles. The lowest BCUT2D eigenvalue weighted by Crippen LogP contribution is -2.06. The fraction of sp³-hybridized carbons (Fsp3) is 0.375. The summed E-state index contributed by atoms with van der Waals surface area (Å²) in [5.74, 6) is 0.665. The highest BCUT2D eigenvalue weighted by molar-refractivity contribution is 7.08. The summed E-state index contributed by atoms with van der Waals surface area (Å²) >= 11 is 1.69.